The highest BCUT2D eigenvalue weighted by Crippen LogP contribution is 2.54. The molecule has 1 heterocycles. The summed E-state index contributed by atoms with van der Waals surface area (Å²) in [6.45, 7) is 1.93. The van der Waals surface area contributed by atoms with Gasteiger partial charge in [0.1, 0.15) is 0 Å². The third kappa shape index (κ3) is 1.42. The number of carbonyl (C=O) groups is 1. The predicted molar refractivity (Wildman–Crippen MR) is 61.1 cm³/mol. The number of amides is 1. The Bertz CT molecular complexity index is 338. The quantitative estimate of drug-likeness (QED) is 0.614. The number of halogens is 1. The first-order valence-corrected chi connectivity index (χ1v) is 6.49. The molecular formula is C12H14BrNO. The number of hydrogen-bond acceptors (Lipinski definition) is 1. The van der Waals surface area contributed by atoms with Gasteiger partial charge in [0.05, 0.1) is 0 Å². The van der Waals surface area contributed by atoms with Gasteiger partial charge in [0.2, 0.25) is 0 Å². The van der Waals surface area contributed by atoms with Crippen LogP contribution in [0.4, 0.5) is 0 Å². The second kappa shape index (κ2) is 3.52. The van der Waals surface area contributed by atoms with Crippen LogP contribution < -0.4 is 0 Å². The summed E-state index contributed by atoms with van der Waals surface area (Å²) in [5.41, 5.74) is 0. The number of likely N-dealkylation sites (tertiary alicyclic amines) is 1. The van der Waals surface area contributed by atoms with Crippen LogP contribution in [0.25, 0.3) is 0 Å². The zero-order chi connectivity index (χ0) is 10.4. The molecule has 0 aromatic carbocycles. The van der Waals surface area contributed by atoms with Crippen molar-refractivity contribution in [2.24, 2.45) is 23.7 Å². The van der Waals surface area contributed by atoms with Gasteiger partial charge in [-0.25, -0.2) is 0 Å². The molecule has 2 nitrogen and oxygen atoms in total. The fourth-order valence-electron chi connectivity index (χ4n) is 3.97. The highest BCUT2D eigenvalue weighted by molar-refractivity contribution is 9.12. The van der Waals surface area contributed by atoms with Gasteiger partial charge >= 0.3 is 0 Å². The van der Waals surface area contributed by atoms with E-state index in [2.05, 4.69) is 26.7 Å². The molecular weight excluding hydrogens is 254 g/mol. The number of rotatable bonds is 0. The van der Waals surface area contributed by atoms with Crippen LogP contribution in [-0.4, -0.2) is 23.9 Å². The van der Waals surface area contributed by atoms with Crippen molar-refractivity contribution in [3.05, 3.63) is 0 Å². The molecule has 1 aliphatic heterocycles. The van der Waals surface area contributed by atoms with E-state index >= 15 is 0 Å². The summed E-state index contributed by atoms with van der Waals surface area (Å²) in [5.74, 6) is 6.00. The number of hydrogen-bond donors (Lipinski definition) is 0. The molecule has 0 aromatic rings. The van der Waals surface area contributed by atoms with Gasteiger partial charge in [-0.1, -0.05) is 0 Å². The van der Waals surface area contributed by atoms with E-state index in [-0.39, 0.29) is 5.91 Å². The second-order valence-electron chi connectivity index (χ2n) is 5.09. The van der Waals surface area contributed by atoms with Crippen LogP contribution in [0.3, 0.4) is 0 Å². The van der Waals surface area contributed by atoms with E-state index in [4.69, 9.17) is 0 Å². The van der Waals surface area contributed by atoms with Crippen LogP contribution in [0, 0.1) is 34.4 Å². The zero-order valence-electron chi connectivity index (χ0n) is 8.58. The van der Waals surface area contributed by atoms with E-state index in [0.717, 1.165) is 36.8 Å². The van der Waals surface area contributed by atoms with Crippen LogP contribution in [0.15, 0.2) is 0 Å². The minimum atomic E-state index is 0.000625. The molecule has 80 valence electrons. The normalized spacial score (nSPS) is 41.3. The van der Waals surface area contributed by atoms with E-state index in [1.54, 1.807) is 0 Å². The maximum Gasteiger partial charge on any atom is 0.299 e. The van der Waals surface area contributed by atoms with Gasteiger partial charge in [-0.3, -0.25) is 4.79 Å². The Morgan fingerprint density at radius 1 is 1.20 bits per heavy atom. The first-order chi connectivity index (χ1) is 7.29. The molecule has 0 radical (unpaired) electrons. The van der Waals surface area contributed by atoms with E-state index in [1.165, 1.54) is 19.3 Å². The minimum absolute atomic E-state index is 0.000625. The molecule has 1 saturated heterocycles. The van der Waals surface area contributed by atoms with Crippen molar-refractivity contribution >= 4 is 21.8 Å². The van der Waals surface area contributed by atoms with Crippen molar-refractivity contribution in [3.63, 3.8) is 0 Å². The van der Waals surface area contributed by atoms with Crippen LogP contribution in [-0.2, 0) is 4.79 Å². The van der Waals surface area contributed by atoms with E-state index in [1.807, 2.05) is 4.90 Å². The fourth-order valence-corrected chi connectivity index (χ4v) is 4.14. The zero-order valence-corrected chi connectivity index (χ0v) is 10.2. The first kappa shape index (κ1) is 9.72. The van der Waals surface area contributed by atoms with Gasteiger partial charge in [0.15, 0.2) is 0 Å². The van der Waals surface area contributed by atoms with Gasteiger partial charge in [-0.05, 0) is 47.8 Å². The molecule has 0 aromatic heterocycles. The van der Waals surface area contributed by atoms with Crippen LogP contribution in [0.2, 0.25) is 0 Å². The predicted octanol–water partition coefficient (Wildman–Crippen LogP) is 1.85. The average Bonchev–Trinajstić information content (AvgIpc) is 2.90. The SMILES string of the molecule is O=C(C#CBr)N1C[C@@H]2C3CCC(C3)[C@@H]2C1. The largest absolute Gasteiger partial charge is 0.331 e. The molecule has 2 bridgehead atoms. The first-order valence-electron chi connectivity index (χ1n) is 5.70. The molecule has 3 fully saturated rings. The fraction of sp³-hybridized carbons (Fsp3) is 0.750. The maximum absolute atomic E-state index is 11.6. The van der Waals surface area contributed by atoms with Crippen LogP contribution in [0.1, 0.15) is 19.3 Å². The van der Waals surface area contributed by atoms with Crippen molar-refractivity contribution in [3.8, 4) is 10.8 Å². The van der Waals surface area contributed by atoms with Crippen molar-refractivity contribution in [2.45, 2.75) is 19.3 Å². The van der Waals surface area contributed by atoms with E-state index in [9.17, 15) is 4.79 Å². The molecule has 1 amide bonds. The van der Waals surface area contributed by atoms with Gasteiger partial charge in [0.25, 0.3) is 5.91 Å². The molecule has 3 aliphatic rings. The lowest BCUT2D eigenvalue weighted by atomic mass is 9.82. The average molecular weight is 268 g/mol. The van der Waals surface area contributed by atoms with Crippen molar-refractivity contribution in [2.75, 3.05) is 13.1 Å². The number of nitrogens with zero attached hydrogens (tertiary/aromatic N) is 1. The van der Waals surface area contributed by atoms with Crippen LogP contribution >= 0.6 is 15.9 Å². The van der Waals surface area contributed by atoms with Gasteiger partial charge in [0, 0.05) is 34.9 Å². The lowest BCUT2D eigenvalue weighted by molar-refractivity contribution is -0.124. The third-order valence-corrected chi connectivity index (χ3v) is 4.78. The Balaban J connectivity index is 1.73. The summed E-state index contributed by atoms with van der Waals surface area (Å²) in [5, 5.41) is 0. The monoisotopic (exact) mass is 267 g/mol. The molecule has 3 rings (SSSR count). The molecule has 3 heteroatoms. The lowest BCUT2D eigenvalue weighted by Crippen LogP contribution is -2.28. The highest BCUT2D eigenvalue weighted by atomic mass is 79.9. The van der Waals surface area contributed by atoms with Crippen molar-refractivity contribution in [1.82, 2.24) is 4.90 Å². The molecule has 2 unspecified atom stereocenters. The number of fused-ring (bicyclic) bond motifs is 5. The van der Waals surface area contributed by atoms with Crippen molar-refractivity contribution < 1.29 is 4.79 Å². The smallest absolute Gasteiger partial charge is 0.299 e. The molecule has 4 atom stereocenters. The minimum Gasteiger partial charge on any atom is -0.331 e. The molecule has 0 spiro atoms. The van der Waals surface area contributed by atoms with Gasteiger partial charge in [-0.2, -0.15) is 0 Å². The second-order valence-corrected chi connectivity index (χ2v) is 5.49. The summed E-state index contributed by atoms with van der Waals surface area (Å²) < 4.78 is 0. The maximum atomic E-state index is 11.6. The van der Waals surface area contributed by atoms with Gasteiger partial charge in [-0.15, -0.1) is 0 Å². The molecule has 0 N–H and O–H groups in total. The van der Waals surface area contributed by atoms with E-state index in [0.29, 0.717) is 0 Å². The highest BCUT2D eigenvalue weighted by Gasteiger charge is 2.52. The summed E-state index contributed by atoms with van der Waals surface area (Å²) in [6.07, 6.45) is 4.23. The molecule has 15 heavy (non-hydrogen) atoms. The summed E-state index contributed by atoms with van der Waals surface area (Å²) >= 11 is 2.99. The van der Waals surface area contributed by atoms with Crippen molar-refractivity contribution in [1.29, 1.82) is 0 Å². The lowest BCUT2D eigenvalue weighted by Gasteiger charge is -2.22. The van der Waals surface area contributed by atoms with E-state index < -0.39 is 0 Å². The Morgan fingerprint density at radius 3 is 2.33 bits per heavy atom. The summed E-state index contributed by atoms with van der Waals surface area (Å²) in [7, 11) is 0. The standard InChI is InChI=1S/C12H14BrNO/c13-4-3-12(15)14-6-10-8-1-2-9(5-8)11(10)7-14/h8-11H,1-2,5-7H2/t8?,9?,10-,11+. The Morgan fingerprint density at radius 2 is 1.80 bits per heavy atom. The Hall–Kier alpha value is -0.490. The molecule has 2 saturated carbocycles. The Labute approximate surface area is 98.5 Å². The summed E-state index contributed by atoms with van der Waals surface area (Å²) in [6, 6.07) is 0. The third-order valence-electron chi connectivity index (χ3n) is 4.58. The van der Waals surface area contributed by atoms with Crippen LogP contribution in [0.5, 0.6) is 0 Å². The van der Waals surface area contributed by atoms with Gasteiger partial charge < -0.3 is 4.90 Å². The molecule has 2 aliphatic carbocycles. The Kier molecular flexibility index (Phi) is 2.28. The summed E-state index contributed by atoms with van der Waals surface area (Å²) in [4.78, 5) is 16.1. The topological polar surface area (TPSA) is 20.3 Å². The number of carbonyl (C=O) groups excluding carboxylic acids is 1.